The lowest BCUT2D eigenvalue weighted by Gasteiger charge is -2.13. The topological polar surface area (TPSA) is 61.6 Å². The van der Waals surface area contributed by atoms with Gasteiger partial charge < -0.3 is 9.47 Å². The van der Waals surface area contributed by atoms with Crippen molar-refractivity contribution >= 4 is 17.8 Å². The summed E-state index contributed by atoms with van der Waals surface area (Å²) in [5.41, 5.74) is 0.729. The summed E-state index contributed by atoms with van der Waals surface area (Å²) in [6, 6.07) is 3.48. The van der Waals surface area contributed by atoms with E-state index in [2.05, 4.69) is 0 Å². The van der Waals surface area contributed by atoms with Crippen molar-refractivity contribution in [3.8, 4) is 11.5 Å². The Hall–Kier alpha value is -1.69. The summed E-state index contributed by atoms with van der Waals surface area (Å²) in [5.74, 6) is 1.20. The molecule has 1 aromatic carbocycles. The van der Waals surface area contributed by atoms with E-state index in [1.165, 1.54) is 17.8 Å². The summed E-state index contributed by atoms with van der Waals surface area (Å²) in [6.45, 7) is 0. The third kappa shape index (κ3) is 3.13. The molecule has 17 heavy (non-hydrogen) atoms. The van der Waals surface area contributed by atoms with Gasteiger partial charge in [0.15, 0.2) is 11.5 Å². The largest absolute Gasteiger partial charge is 0.493 e. The maximum atomic E-state index is 10.3. The first-order chi connectivity index (χ1) is 8.13. The maximum absolute atomic E-state index is 10.3. The first-order valence-electron chi connectivity index (χ1n) is 4.74. The standard InChI is InChI=1S/C11H13NO4S/c1-15-9-5-4-8(6-7-12(13)14)11(17-3)10(9)16-2/h4-7H,1-3H3/b7-6+. The fraction of sp³-hybridized carbons (Fsp3) is 0.273. The molecular formula is C11H13NO4S. The normalized spacial score (nSPS) is 10.5. The van der Waals surface area contributed by atoms with Crippen LogP contribution in [-0.2, 0) is 0 Å². The lowest BCUT2D eigenvalue weighted by molar-refractivity contribution is -0.400. The summed E-state index contributed by atoms with van der Waals surface area (Å²) >= 11 is 1.45. The highest BCUT2D eigenvalue weighted by Gasteiger charge is 2.13. The molecule has 5 nitrogen and oxygen atoms in total. The number of thioether (sulfide) groups is 1. The number of nitro groups is 1. The maximum Gasteiger partial charge on any atom is 0.235 e. The van der Waals surface area contributed by atoms with Crippen molar-refractivity contribution in [2.24, 2.45) is 0 Å². The van der Waals surface area contributed by atoms with Crippen LogP contribution in [0.5, 0.6) is 11.5 Å². The highest BCUT2D eigenvalue weighted by molar-refractivity contribution is 7.98. The van der Waals surface area contributed by atoms with Crippen molar-refractivity contribution in [1.29, 1.82) is 0 Å². The zero-order chi connectivity index (χ0) is 12.8. The Balaban J connectivity index is 3.28. The van der Waals surface area contributed by atoms with Crippen molar-refractivity contribution < 1.29 is 14.4 Å². The number of methoxy groups -OCH3 is 2. The van der Waals surface area contributed by atoms with Gasteiger partial charge in [-0.25, -0.2) is 0 Å². The Bertz CT molecular complexity index is 445. The molecule has 0 heterocycles. The summed E-state index contributed by atoms with van der Waals surface area (Å²) in [6.07, 6.45) is 4.22. The molecule has 0 spiro atoms. The molecule has 0 unspecified atom stereocenters. The Morgan fingerprint density at radius 1 is 1.35 bits per heavy atom. The Morgan fingerprint density at radius 3 is 2.53 bits per heavy atom. The molecule has 0 fully saturated rings. The van der Waals surface area contributed by atoms with Gasteiger partial charge in [-0.15, -0.1) is 11.8 Å². The van der Waals surface area contributed by atoms with Gasteiger partial charge in [-0.2, -0.15) is 0 Å². The van der Waals surface area contributed by atoms with E-state index in [1.54, 1.807) is 26.4 Å². The van der Waals surface area contributed by atoms with Gasteiger partial charge >= 0.3 is 0 Å². The second-order valence-electron chi connectivity index (χ2n) is 3.02. The monoisotopic (exact) mass is 255 g/mol. The van der Waals surface area contributed by atoms with Crippen LogP contribution >= 0.6 is 11.8 Å². The highest BCUT2D eigenvalue weighted by Crippen LogP contribution is 2.39. The van der Waals surface area contributed by atoms with Gasteiger partial charge in [-0.05, 0) is 24.0 Å². The van der Waals surface area contributed by atoms with Gasteiger partial charge in [0.1, 0.15) is 0 Å². The molecule has 0 bridgehead atoms. The van der Waals surface area contributed by atoms with Gasteiger partial charge in [0, 0.05) is 6.08 Å². The number of nitrogens with zero attached hydrogens (tertiary/aromatic N) is 1. The minimum Gasteiger partial charge on any atom is -0.493 e. The van der Waals surface area contributed by atoms with Crippen LogP contribution in [0.3, 0.4) is 0 Å². The molecule has 0 saturated heterocycles. The molecule has 6 heteroatoms. The number of hydrogen-bond acceptors (Lipinski definition) is 5. The van der Waals surface area contributed by atoms with Crippen LogP contribution in [-0.4, -0.2) is 25.4 Å². The van der Waals surface area contributed by atoms with E-state index in [-0.39, 0.29) is 0 Å². The van der Waals surface area contributed by atoms with E-state index >= 15 is 0 Å². The summed E-state index contributed by atoms with van der Waals surface area (Å²) in [4.78, 5) is 10.6. The Labute approximate surface area is 104 Å². The van der Waals surface area contributed by atoms with Crippen LogP contribution in [0.25, 0.3) is 6.08 Å². The van der Waals surface area contributed by atoms with E-state index in [0.717, 1.165) is 16.7 Å². The molecule has 0 radical (unpaired) electrons. The smallest absolute Gasteiger partial charge is 0.235 e. The zero-order valence-electron chi connectivity index (χ0n) is 9.80. The van der Waals surface area contributed by atoms with Gasteiger partial charge in [0.05, 0.1) is 24.0 Å². The SMILES string of the molecule is COc1ccc(/C=C/[N+](=O)[O-])c(SC)c1OC. The van der Waals surface area contributed by atoms with E-state index in [9.17, 15) is 10.1 Å². The van der Waals surface area contributed by atoms with Gasteiger partial charge in [0.25, 0.3) is 0 Å². The van der Waals surface area contributed by atoms with Crippen LogP contribution < -0.4 is 9.47 Å². The van der Waals surface area contributed by atoms with Crippen molar-refractivity contribution in [3.63, 3.8) is 0 Å². The lowest BCUT2D eigenvalue weighted by Crippen LogP contribution is -1.94. The van der Waals surface area contributed by atoms with Gasteiger partial charge in [-0.1, -0.05) is 0 Å². The molecule has 92 valence electrons. The van der Waals surface area contributed by atoms with Crippen molar-refractivity contribution in [3.05, 3.63) is 34.0 Å². The van der Waals surface area contributed by atoms with Crippen LogP contribution in [0.2, 0.25) is 0 Å². The molecule has 0 aliphatic rings. The molecule has 1 rings (SSSR count). The van der Waals surface area contributed by atoms with Crippen molar-refractivity contribution in [2.75, 3.05) is 20.5 Å². The predicted octanol–water partition coefficient (Wildman–Crippen LogP) is 2.67. The van der Waals surface area contributed by atoms with Crippen LogP contribution in [0.15, 0.2) is 23.2 Å². The summed E-state index contributed by atoms with van der Waals surface area (Å²) < 4.78 is 10.4. The molecule has 0 aromatic heterocycles. The molecule has 0 amide bonds. The van der Waals surface area contributed by atoms with Crippen molar-refractivity contribution in [1.82, 2.24) is 0 Å². The summed E-state index contributed by atoms with van der Waals surface area (Å²) in [7, 11) is 3.09. The van der Waals surface area contributed by atoms with Crippen LogP contribution in [0, 0.1) is 10.1 Å². The van der Waals surface area contributed by atoms with E-state index in [4.69, 9.17) is 9.47 Å². The zero-order valence-corrected chi connectivity index (χ0v) is 10.6. The second-order valence-corrected chi connectivity index (χ2v) is 3.84. The van der Waals surface area contributed by atoms with Crippen molar-refractivity contribution in [2.45, 2.75) is 4.90 Å². The van der Waals surface area contributed by atoms with Gasteiger partial charge in [-0.3, -0.25) is 10.1 Å². The molecule has 0 atom stereocenters. The molecule has 1 aromatic rings. The van der Waals surface area contributed by atoms with E-state index < -0.39 is 4.92 Å². The van der Waals surface area contributed by atoms with E-state index in [1.807, 2.05) is 6.26 Å². The predicted molar refractivity (Wildman–Crippen MR) is 67.4 cm³/mol. The number of rotatable bonds is 5. The molecule has 0 saturated carbocycles. The third-order valence-electron chi connectivity index (χ3n) is 2.11. The molecule has 0 aliphatic heterocycles. The number of benzene rings is 1. The quantitative estimate of drug-likeness (QED) is 0.460. The first-order valence-corrected chi connectivity index (χ1v) is 5.97. The molecular weight excluding hydrogens is 242 g/mol. The minimum absolute atomic E-state index is 0.499. The second kappa shape index (κ2) is 6.15. The Morgan fingerprint density at radius 2 is 2.06 bits per heavy atom. The lowest BCUT2D eigenvalue weighted by atomic mass is 10.2. The first kappa shape index (κ1) is 13.4. The fourth-order valence-corrected chi connectivity index (χ4v) is 2.14. The molecule has 0 N–H and O–H groups in total. The molecule has 0 aliphatic carbocycles. The minimum atomic E-state index is -0.499. The van der Waals surface area contributed by atoms with E-state index in [0.29, 0.717) is 11.5 Å². The fourth-order valence-electron chi connectivity index (χ4n) is 1.40. The van der Waals surface area contributed by atoms with Gasteiger partial charge in [0.2, 0.25) is 6.20 Å². The summed E-state index contributed by atoms with van der Waals surface area (Å²) in [5, 5.41) is 10.3. The number of ether oxygens (including phenoxy) is 2. The highest BCUT2D eigenvalue weighted by atomic mass is 32.2. The average Bonchev–Trinajstić information content (AvgIpc) is 2.34. The van der Waals surface area contributed by atoms with Crippen LogP contribution in [0.4, 0.5) is 0 Å². The third-order valence-corrected chi connectivity index (χ3v) is 2.94. The number of hydrogen-bond donors (Lipinski definition) is 0. The van der Waals surface area contributed by atoms with Crippen LogP contribution in [0.1, 0.15) is 5.56 Å². The Kier molecular flexibility index (Phi) is 4.84. The average molecular weight is 255 g/mol.